The summed E-state index contributed by atoms with van der Waals surface area (Å²) in [5.41, 5.74) is 2.31. The molecule has 3 nitrogen and oxygen atoms in total. The Hall–Kier alpha value is -1.03. The summed E-state index contributed by atoms with van der Waals surface area (Å²) in [4.78, 5) is 0. The van der Waals surface area contributed by atoms with Crippen LogP contribution in [-0.2, 0) is 16.3 Å². The van der Waals surface area contributed by atoms with E-state index in [-0.39, 0.29) is 11.0 Å². The summed E-state index contributed by atoms with van der Waals surface area (Å²) in [6, 6.07) is 8.08. The molecule has 0 amide bonds. The van der Waals surface area contributed by atoms with E-state index in [9.17, 15) is 8.42 Å². The molecule has 0 aliphatic rings. The molecule has 0 saturated heterocycles. The summed E-state index contributed by atoms with van der Waals surface area (Å²) >= 11 is 0. The number of hydrogen-bond acceptors (Lipinski definition) is 3. The Bertz CT molecular complexity index is 466. The van der Waals surface area contributed by atoms with Crippen molar-refractivity contribution in [3.8, 4) is 0 Å². The molecule has 102 valence electrons. The molecule has 0 aliphatic heterocycles. The van der Waals surface area contributed by atoms with Crippen molar-refractivity contribution in [3.63, 3.8) is 0 Å². The molecule has 0 aliphatic carbocycles. The first kappa shape index (κ1) is 15.0. The average molecular weight is 269 g/mol. The van der Waals surface area contributed by atoms with E-state index in [2.05, 4.69) is 18.3 Å². The Labute approximate surface area is 111 Å². The standard InChI is InChI=1S/C14H23NO2S/c1-4-7-13-8-5-6-9-14(13)15-10-11-18(16,17)12(2)3/h5-6,8-9,12,15H,4,7,10-11H2,1-3H3. The molecule has 1 rings (SSSR count). The van der Waals surface area contributed by atoms with Gasteiger partial charge in [-0.1, -0.05) is 31.5 Å². The Kier molecular flexibility index (Phi) is 5.66. The summed E-state index contributed by atoms with van der Waals surface area (Å²) in [6.07, 6.45) is 2.10. The highest BCUT2D eigenvalue weighted by Gasteiger charge is 2.15. The molecule has 0 heterocycles. The summed E-state index contributed by atoms with van der Waals surface area (Å²) in [5, 5.41) is 2.93. The topological polar surface area (TPSA) is 46.2 Å². The van der Waals surface area contributed by atoms with Gasteiger partial charge >= 0.3 is 0 Å². The van der Waals surface area contributed by atoms with Crippen molar-refractivity contribution in [3.05, 3.63) is 29.8 Å². The molecule has 0 fully saturated rings. The molecule has 0 radical (unpaired) electrons. The molecular formula is C14H23NO2S. The van der Waals surface area contributed by atoms with Crippen LogP contribution in [0.25, 0.3) is 0 Å². The molecule has 0 aromatic heterocycles. The Morgan fingerprint density at radius 2 is 1.89 bits per heavy atom. The van der Waals surface area contributed by atoms with Crippen LogP contribution in [-0.4, -0.2) is 26.0 Å². The van der Waals surface area contributed by atoms with Crippen LogP contribution < -0.4 is 5.32 Å². The molecule has 0 unspecified atom stereocenters. The molecule has 18 heavy (non-hydrogen) atoms. The minimum absolute atomic E-state index is 0.186. The second-order valence-electron chi connectivity index (χ2n) is 4.75. The van der Waals surface area contributed by atoms with Crippen molar-refractivity contribution in [1.29, 1.82) is 0 Å². The lowest BCUT2D eigenvalue weighted by Gasteiger charge is -2.12. The number of para-hydroxylation sites is 1. The lowest BCUT2D eigenvalue weighted by molar-refractivity contribution is 0.588. The molecular weight excluding hydrogens is 246 g/mol. The van der Waals surface area contributed by atoms with Crippen molar-refractivity contribution in [2.75, 3.05) is 17.6 Å². The van der Waals surface area contributed by atoms with E-state index >= 15 is 0 Å². The van der Waals surface area contributed by atoms with E-state index in [0.717, 1.165) is 18.5 Å². The van der Waals surface area contributed by atoms with Crippen molar-refractivity contribution in [2.24, 2.45) is 0 Å². The van der Waals surface area contributed by atoms with Gasteiger partial charge < -0.3 is 5.32 Å². The maximum absolute atomic E-state index is 11.7. The van der Waals surface area contributed by atoms with E-state index in [1.165, 1.54) is 5.56 Å². The summed E-state index contributed by atoms with van der Waals surface area (Å²) < 4.78 is 23.4. The smallest absolute Gasteiger partial charge is 0.154 e. The first-order chi connectivity index (χ1) is 8.47. The van der Waals surface area contributed by atoms with Crippen molar-refractivity contribution in [2.45, 2.75) is 38.9 Å². The minimum Gasteiger partial charge on any atom is -0.384 e. The van der Waals surface area contributed by atoms with Crippen LogP contribution in [0, 0.1) is 0 Å². The molecule has 0 atom stereocenters. The molecule has 0 saturated carbocycles. The van der Waals surface area contributed by atoms with Gasteiger partial charge in [-0.2, -0.15) is 0 Å². The third-order valence-corrected chi connectivity index (χ3v) is 5.17. The minimum atomic E-state index is -2.96. The zero-order valence-electron chi connectivity index (χ0n) is 11.4. The zero-order valence-corrected chi connectivity index (χ0v) is 12.3. The van der Waals surface area contributed by atoms with Gasteiger partial charge in [0.15, 0.2) is 9.84 Å². The van der Waals surface area contributed by atoms with Gasteiger partial charge in [-0.05, 0) is 31.9 Å². The molecule has 1 aromatic rings. The number of benzene rings is 1. The summed E-state index contributed by atoms with van der Waals surface area (Å²) in [7, 11) is -2.96. The largest absolute Gasteiger partial charge is 0.384 e. The number of aryl methyl sites for hydroxylation is 1. The van der Waals surface area contributed by atoms with Crippen LogP contribution in [0.15, 0.2) is 24.3 Å². The molecule has 0 spiro atoms. The van der Waals surface area contributed by atoms with Gasteiger partial charge in [-0.25, -0.2) is 8.42 Å². The average Bonchev–Trinajstić information content (AvgIpc) is 2.31. The quantitative estimate of drug-likeness (QED) is 0.828. The van der Waals surface area contributed by atoms with Crippen LogP contribution in [0.2, 0.25) is 0 Å². The third-order valence-electron chi connectivity index (χ3n) is 2.96. The van der Waals surface area contributed by atoms with Crippen LogP contribution in [0.3, 0.4) is 0 Å². The monoisotopic (exact) mass is 269 g/mol. The Morgan fingerprint density at radius 3 is 2.50 bits per heavy atom. The lowest BCUT2D eigenvalue weighted by atomic mass is 10.1. The number of sulfone groups is 1. The predicted molar refractivity (Wildman–Crippen MR) is 77.8 cm³/mol. The van der Waals surface area contributed by atoms with Gasteiger partial charge in [0.1, 0.15) is 0 Å². The summed E-state index contributed by atoms with van der Waals surface area (Å²) in [6.45, 7) is 6.06. The zero-order chi connectivity index (χ0) is 13.6. The lowest BCUT2D eigenvalue weighted by Crippen LogP contribution is -2.23. The Balaban J connectivity index is 2.59. The number of anilines is 1. The van der Waals surface area contributed by atoms with E-state index < -0.39 is 9.84 Å². The molecule has 1 aromatic carbocycles. The fourth-order valence-electron chi connectivity index (χ4n) is 1.74. The molecule has 1 N–H and O–H groups in total. The van der Waals surface area contributed by atoms with Crippen molar-refractivity contribution in [1.82, 2.24) is 0 Å². The number of hydrogen-bond donors (Lipinski definition) is 1. The number of rotatable bonds is 7. The fourth-order valence-corrected chi connectivity index (χ4v) is 2.60. The van der Waals surface area contributed by atoms with E-state index in [4.69, 9.17) is 0 Å². The Morgan fingerprint density at radius 1 is 1.22 bits per heavy atom. The van der Waals surface area contributed by atoms with Gasteiger partial charge in [-0.3, -0.25) is 0 Å². The molecule has 4 heteroatoms. The van der Waals surface area contributed by atoms with E-state index in [1.807, 2.05) is 18.2 Å². The first-order valence-electron chi connectivity index (χ1n) is 6.50. The third kappa shape index (κ3) is 4.33. The van der Waals surface area contributed by atoms with Crippen LogP contribution >= 0.6 is 0 Å². The SMILES string of the molecule is CCCc1ccccc1NCCS(=O)(=O)C(C)C. The van der Waals surface area contributed by atoms with Crippen molar-refractivity contribution >= 4 is 15.5 Å². The van der Waals surface area contributed by atoms with Gasteiger partial charge in [0.05, 0.1) is 11.0 Å². The van der Waals surface area contributed by atoms with E-state index in [0.29, 0.717) is 6.54 Å². The second kappa shape index (κ2) is 6.78. The van der Waals surface area contributed by atoms with Gasteiger partial charge in [0, 0.05) is 12.2 Å². The fraction of sp³-hybridized carbons (Fsp3) is 0.571. The number of nitrogens with one attached hydrogen (secondary N) is 1. The first-order valence-corrected chi connectivity index (χ1v) is 8.22. The highest BCUT2D eigenvalue weighted by atomic mass is 32.2. The van der Waals surface area contributed by atoms with Crippen LogP contribution in [0.1, 0.15) is 32.8 Å². The highest BCUT2D eigenvalue weighted by Crippen LogP contribution is 2.16. The van der Waals surface area contributed by atoms with Crippen molar-refractivity contribution < 1.29 is 8.42 Å². The van der Waals surface area contributed by atoms with Gasteiger partial charge in [0.2, 0.25) is 0 Å². The predicted octanol–water partition coefficient (Wildman–Crippen LogP) is 2.87. The second-order valence-corrected chi connectivity index (χ2v) is 7.43. The highest BCUT2D eigenvalue weighted by molar-refractivity contribution is 7.92. The maximum Gasteiger partial charge on any atom is 0.154 e. The van der Waals surface area contributed by atoms with Crippen LogP contribution in [0.5, 0.6) is 0 Å². The normalized spacial score (nSPS) is 11.8. The van der Waals surface area contributed by atoms with Crippen LogP contribution in [0.4, 0.5) is 5.69 Å². The van der Waals surface area contributed by atoms with Gasteiger partial charge in [-0.15, -0.1) is 0 Å². The van der Waals surface area contributed by atoms with Gasteiger partial charge in [0.25, 0.3) is 0 Å². The molecule has 0 bridgehead atoms. The maximum atomic E-state index is 11.7. The van der Waals surface area contributed by atoms with E-state index in [1.54, 1.807) is 13.8 Å². The summed E-state index contributed by atoms with van der Waals surface area (Å²) in [5.74, 6) is 0.186.